The van der Waals surface area contributed by atoms with Gasteiger partial charge in [0.05, 0.1) is 12.7 Å². The Morgan fingerprint density at radius 1 is 0.720 bits per heavy atom. The molecule has 0 fully saturated rings. The number of aliphatic hydroxyl groups is 1. The summed E-state index contributed by atoms with van der Waals surface area (Å²) in [6.45, 7) is 7.67. The van der Waals surface area contributed by atoms with Crippen LogP contribution in [0.5, 0.6) is 0 Å². The molecule has 0 spiro atoms. The van der Waals surface area contributed by atoms with Crippen LogP contribution in [0.25, 0.3) is 0 Å². The topological polar surface area (TPSA) is 29.5 Å². The van der Waals surface area contributed by atoms with E-state index in [4.69, 9.17) is 4.74 Å². The Hall–Kier alpha value is -0.340. The summed E-state index contributed by atoms with van der Waals surface area (Å²) < 4.78 is 5.61. The molecule has 0 heterocycles. The maximum absolute atomic E-state index is 9.38. The molecule has 0 bridgehead atoms. The first-order valence-electron chi connectivity index (χ1n) is 11.1. The van der Waals surface area contributed by atoms with Gasteiger partial charge in [0.1, 0.15) is 0 Å². The number of rotatable bonds is 19. The van der Waals surface area contributed by atoms with E-state index in [1.807, 2.05) is 13.8 Å². The molecule has 25 heavy (non-hydrogen) atoms. The minimum atomic E-state index is -0.264. The molecule has 0 aliphatic carbocycles. The van der Waals surface area contributed by atoms with Crippen molar-refractivity contribution in [2.24, 2.45) is 5.92 Å². The van der Waals surface area contributed by atoms with Crippen molar-refractivity contribution in [3.63, 3.8) is 0 Å². The molecule has 0 aromatic carbocycles. The van der Waals surface area contributed by atoms with Gasteiger partial charge in [-0.15, -0.1) is 0 Å². The van der Waals surface area contributed by atoms with E-state index in [0.717, 1.165) is 13.0 Å². The van der Waals surface area contributed by atoms with Gasteiger partial charge in [-0.2, -0.15) is 0 Å². The first-order chi connectivity index (χ1) is 12.2. The lowest BCUT2D eigenvalue weighted by molar-refractivity contribution is 0.0428. The Balaban J connectivity index is 3.12. The third kappa shape index (κ3) is 19.8. The number of hydrogen-bond acceptors (Lipinski definition) is 2. The Morgan fingerprint density at radius 3 is 1.72 bits per heavy atom. The van der Waals surface area contributed by atoms with Crippen molar-refractivity contribution in [3.05, 3.63) is 12.2 Å². The van der Waals surface area contributed by atoms with Gasteiger partial charge < -0.3 is 9.84 Å². The fourth-order valence-corrected chi connectivity index (χ4v) is 2.86. The lowest BCUT2D eigenvalue weighted by Crippen LogP contribution is -2.19. The number of allylic oxidation sites excluding steroid dienone is 2. The van der Waals surface area contributed by atoms with Crippen molar-refractivity contribution in [2.45, 2.75) is 117 Å². The van der Waals surface area contributed by atoms with E-state index >= 15 is 0 Å². The lowest BCUT2D eigenvalue weighted by atomic mass is 10.1. The van der Waals surface area contributed by atoms with Gasteiger partial charge in [-0.1, -0.05) is 83.8 Å². The summed E-state index contributed by atoms with van der Waals surface area (Å²) >= 11 is 0. The predicted octanol–water partition coefficient (Wildman–Crippen LogP) is 7.06. The summed E-state index contributed by atoms with van der Waals surface area (Å²) in [6.07, 6.45) is 23.3. The molecule has 2 atom stereocenters. The van der Waals surface area contributed by atoms with Crippen LogP contribution in [0.2, 0.25) is 0 Å². The minimum absolute atomic E-state index is 0.245. The van der Waals surface area contributed by atoms with Gasteiger partial charge in [0.25, 0.3) is 0 Å². The van der Waals surface area contributed by atoms with Crippen LogP contribution in [-0.2, 0) is 4.74 Å². The molecule has 150 valence electrons. The van der Waals surface area contributed by atoms with E-state index in [0.29, 0.717) is 6.61 Å². The van der Waals surface area contributed by atoms with Gasteiger partial charge in [0, 0.05) is 12.5 Å². The van der Waals surface area contributed by atoms with Crippen molar-refractivity contribution >= 4 is 0 Å². The van der Waals surface area contributed by atoms with Crippen LogP contribution < -0.4 is 0 Å². The Labute approximate surface area is 158 Å². The second-order valence-electron chi connectivity index (χ2n) is 7.73. The molecule has 2 nitrogen and oxygen atoms in total. The molecule has 2 heteroatoms. The first-order valence-corrected chi connectivity index (χ1v) is 11.1. The average Bonchev–Trinajstić information content (AvgIpc) is 2.60. The molecule has 2 unspecified atom stereocenters. The van der Waals surface area contributed by atoms with Crippen LogP contribution in [0.1, 0.15) is 111 Å². The molecule has 0 aliphatic heterocycles. The van der Waals surface area contributed by atoms with Crippen LogP contribution in [-0.4, -0.2) is 24.4 Å². The summed E-state index contributed by atoms with van der Waals surface area (Å²) in [7, 11) is 0. The van der Waals surface area contributed by atoms with E-state index in [2.05, 4.69) is 19.1 Å². The lowest BCUT2D eigenvalue weighted by Gasteiger charge is -2.14. The van der Waals surface area contributed by atoms with Crippen molar-refractivity contribution in [2.75, 3.05) is 13.2 Å². The van der Waals surface area contributed by atoms with Crippen LogP contribution in [0.15, 0.2) is 12.2 Å². The van der Waals surface area contributed by atoms with Crippen molar-refractivity contribution in [1.82, 2.24) is 0 Å². The molecule has 0 radical (unpaired) electrons. The summed E-state index contributed by atoms with van der Waals surface area (Å²) in [5.41, 5.74) is 0. The van der Waals surface area contributed by atoms with E-state index in [-0.39, 0.29) is 12.0 Å². The van der Waals surface area contributed by atoms with Crippen molar-refractivity contribution in [3.8, 4) is 0 Å². The highest BCUT2D eigenvalue weighted by Gasteiger charge is 2.07. The fraction of sp³-hybridized carbons (Fsp3) is 0.913. The smallest absolute Gasteiger partial charge is 0.0559 e. The molecule has 0 aromatic rings. The van der Waals surface area contributed by atoms with Crippen molar-refractivity contribution in [1.29, 1.82) is 0 Å². The van der Waals surface area contributed by atoms with Gasteiger partial charge in [0.15, 0.2) is 0 Å². The zero-order valence-electron chi connectivity index (χ0n) is 17.5. The largest absolute Gasteiger partial charge is 0.393 e. The Kier molecular flexibility index (Phi) is 19.7. The molecule has 0 amide bonds. The minimum Gasteiger partial charge on any atom is -0.393 e. The van der Waals surface area contributed by atoms with Crippen molar-refractivity contribution < 1.29 is 9.84 Å². The molecule has 0 saturated carbocycles. The monoisotopic (exact) mass is 354 g/mol. The molecule has 0 aliphatic rings. The van der Waals surface area contributed by atoms with Gasteiger partial charge in [-0.25, -0.2) is 0 Å². The zero-order valence-corrected chi connectivity index (χ0v) is 17.5. The highest BCUT2D eigenvalue weighted by atomic mass is 16.5. The third-order valence-corrected chi connectivity index (χ3v) is 5.00. The summed E-state index contributed by atoms with van der Waals surface area (Å²) in [4.78, 5) is 0. The molecular formula is C23H46O2. The van der Waals surface area contributed by atoms with Gasteiger partial charge >= 0.3 is 0 Å². The number of ether oxygens (including phenoxy) is 1. The third-order valence-electron chi connectivity index (χ3n) is 5.00. The summed E-state index contributed by atoms with van der Waals surface area (Å²) in [6, 6.07) is 0. The molecule has 0 rings (SSSR count). The molecule has 1 N–H and O–H groups in total. The highest BCUT2D eigenvalue weighted by molar-refractivity contribution is 4.81. The summed E-state index contributed by atoms with van der Waals surface area (Å²) in [5, 5.41) is 9.38. The Morgan fingerprint density at radius 2 is 1.20 bits per heavy atom. The molecule has 0 aromatic heterocycles. The van der Waals surface area contributed by atoms with Gasteiger partial charge in [-0.05, 0) is 39.0 Å². The maximum Gasteiger partial charge on any atom is 0.0559 e. The van der Waals surface area contributed by atoms with Gasteiger partial charge in [-0.3, -0.25) is 0 Å². The second-order valence-corrected chi connectivity index (χ2v) is 7.73. The van der Waals surface area contributed by atoms with Gasteiger partial charge in [0.2, 0.25) is 0 Å². The van der Waals surface area contributed by atoms with E-state index in [1.165, 1.54) is 83.5 Å². The molecule has 0 saturated heterocycles. The second kappa shape index (κ2) is 20.0. The summed E-state index contributed by atoms with van der Waals surface area (Å²) in [5.74, 6) is 0.245. The number of unbranched alkanes of at least 4 members (excludes halogenated alkanes) is 12. The van der Waals surface area contributed by atoms with Crippen LogP contribution in [0, 0.1) is 5.92 Å². The van der Waals surface area contributed by atoms with Crippen LogP contribution in [0.3, 0.4) is 0 Å². The fourth-order valence-electron chi connectivity index (χ4n) is 2.86. The van der Waals surface area contributed by atoms with Crippen LogP contribution >= 0.6 is 0 Å². The maximum atomic E-state index is 9.38. The number of hydrogen-bond donors (Lipinski definition) is 1. The number of aliphatic hydroxyl groups excluding tert-OH is 1. The van der Waals surface area contributed by atoms with Crippen LogP contribution in [0.4, 0.5) is 0 Å². The predicted molar refractivity (Wildman–Crippen MR) is 111 cm³/mol. The zero-order chi connectivity index (χ0) is 18.6. The normalized spacial score (nSPS) is 14.2. The quantitative estimate of drug-likeness (QED) is 0.199. The van der Waals surface area contributed by atoms with E-state index < -0.39 is 0 Å². The van der Waals surface area contributed by atoms with E-state index in [9.17, 15) is 5.11 Å². The SMILES string of the molecule is CCCCCCCC/C=C\CCCCCCCCOCC(C)C(C)O. The standard InChI is InChI=1S/C23H46O2/c1-4-5-6-7-8-9-10-11-12-13-14-15-16-17-18-19-20-25-21-22(2)23(3)24/h11-12,22-24H,4-10,13-21H2,1-3H3/b12-11-. The Bertz CT molecular complexity index is 273. The highest BCUT2D eigenvalue weighted by Crippen LogP contribution is 2.10. The average molecular weight is 355 g/mol. The first kappa shape index (κ1) is 24.7. The van der Waals surface area contributed by atoms with E-state index in [1.54, 1.807) is 0 Å². The molecular weight excluding hydrogens is 308 g/mol.